The summed E-state index contributed by atoms with van der Waals surface area (Å²) >= 11 is 0. The summed E-state index contributed by atoms with van der Waals surface area (Å²) in [6.07, 6.45) is 9.00. The summed E-state index contributed by atoms with van der Waals surface area (Å²) in [6.45, 7) is 0. The van der Waals surface area contributed by atoms with Gasteiger partial charge in [0.1, 0.15) is 0 Å². The van der Waals surface area contributed by atoms with Crippen LogP contribution in [0.2, 0.25) is 0 Å². The average molecular weight is 282 g/mol. The molecule has 0 unspecified atom stereocenters. The van der Waals surface area contributed by atoms with Crippen molar-refractivity contribution in [2.45, 2.75) is 44.9 Å². The summed E-state index contributed by atoms with van der Waals surface area (Å²) in [5, 5.41) is 0.863. The first kappa shape index (κ1) is 15.9. The first-order valence-corrected chi connectivity index (χ1v) is 8.26. The molecule has 0 aromatic heterocycles. The molecule has 0 aliphatic carbocycles. The molecule has 3 nitrogen and oxygen atoms in total. The third-order valence-corrected chi connectivity index (χ3v) is 3.48. The molecular weight excluding hydrogens is 260 g/mol. The second-order valence-electron chi connectivity index (χ2n) is 4.68. The van der Waals surface area contributed by atoms with Gasteiger partial charge in [-0.3, -0.25) is 4.55 Å². The molecule has 1 aromatic rings. The van der Waals surface area contributed by atoms with E-state index in [4.69, 9.17) is 4.55 Å². The lowest BCUT2D eigenvalue weighted by atomic mass is 10.1. The summed E-state index contributed by atoms with van der Waals surface area (Å²) in [5.74, 6) is 0. The Kier molecular flexibility index (Phi) is 7.45. The fourth-order valence-electron chi connectivity index (χ4n) is 1.96. The monoisotopic (exact) mass is 282 g/mol. The van der Waals surface area contributed by atoms with Crippen molar-refractivity contribution in [2.24, 2.45) is 0 Å². The van der Waals surface area contributed by atoms with E-state index in [1.165, 1.54) is 30.9 Å². The number of aryl methyl sites for hydroxylation is 1. The predicted molar refractivity (Wildman–Crippen MR) is 78.5 cm³/mol. The smallest absolute Gasteiger partial charge is 0.282 e. The van der Waals surface area contributed by atoms with E-state index in [1.54, 1.807) is 0 Å². The largest absolute Gasteiger partial charge is 0.287 e. The van der Waals surface area contributed by atoms with E-state index in [2.05, 4.69) is 24.3 Å². The van der Waals surface area contributed by atoms with E-state index in [0.717, 1.165) is 24.7 Å². The molecule has 1 aromatic carbocycles. The van der Waals surface area contributed by atoms with Gasteiger partial charge in [0.05, 0.1) is 5.41 Å². The molecule has 106 valence electrons. The topological polar surface area (TPSA) is 54.4 Å². The van der Waals surface area contributed by atoms with E-state index < -0.39 is 10.1 Å². The fourth-order valence-corrected chi connectivity index (χ4v) is 2.34. The number of hydrogen-bond acceptors (Lipinski definition) is 2. The van der Waals surface area contributed by atoms with Crippen molar-refractivity contribution in [2.75, 3.05) is 0 Å². The second-order valence-corrected chi connectivity index (χ2v) is 5.98. The standard InChI is InChI=1S/C15H22O3S/c16-19(17,18)14-10-5-3-1-2-4-7-11-15-12-8-6-9-13-15/h6,8-10,12-14H,1-5,7,11H2,(H,16,17,18). The molecule has 0 amide bonds. The highest BCUT2D eigenvalue weighted by Gasteiger charge is 1.95. The maximum Gasteiger partial charge on any atom is 0.287 e. The number of rotatable bonds is 9. The molecule has 0 aliphatic heterocycles. The minimum Gasteiger partial charge on any atom is -0.282 e. The van der Waals surface area contributed by atoms with Gasteiger partial charge in [-0.15, -0.1) is 0 Å². The lowest BCUT2D eigenvalue weighted by Crippen LogP contribution is -1.89. The number of unbranched alkanes of at least 4 members (excludes halogenated alkanes) is 5. The van der Waals surface area contributed by atoms with Gasteiger partial charge in [0.2, 0.25) is 0 Å². The Morgan fingerprint density at radius 3 is 2.26 bits per heavy atom. The SMILES string of the molecule is O=S(=O)(O)C=CCCCCCCCc1ccccc1. The van der Waals surface area contributed by atoms with Gasteiger partial charge in [-0.05, 0) is 31.2 Å². The van der Waals surface area contributed by atoms with Crippen molar-refractivity contribution >= 4 is 10.1 Å². The highest BCUT2D eigenvalue weighted by molar-refractivity contribution is 7.88. The van der Waals surface area contributed by atoms with Gasteiger partial charge >= 0.3 is 0 Å². The molecule has 0 aliphatic rings. The third kappa shape index (κ3) is 9.45. The van der Waals surface area contributed by atoms with Crippen LogP contribution in [0, 0.1) is 0 Å². The van der Waals surface area contributed by atoms with Gasteiger partial charge in [-0.1, -0.05) is 55.7 Å². The van der Waals surface area contributed by atoms with Crippen LogP contribution >= 0.6 is 0 Å². The molecule has 0 spiro atoms. The van der Waals surface area contributed by atoms with Gasteiger partial charge in [-0.25, -0.2) is 0 Å². The van der Waals surface area contributed by atoms with Crippen molar-refractivity contribution in [1.82, 2.24) is 0 Å². The highest BCUT2D eigenvalue weighted by Crippen LogP contribution is 2.10. The molecule has 0 heterocycles. The summed E-state index contributed by atoms with van der Waals surface area (Å²) in [7, 11) is -3.94. The summed E-state index contributed by atoms with van der Waals surface area (Å²) in [6, 6.07) is 10.5. The van der Waals surface area contributed by atoms with Crippen molar-refractivity contribution in [3.63, 3.8) is 0 Å². The molecule has 1 rings (SSSR count). The second kappa shape index (κ2) is 8.88. The van der Waals surface area contributed by atoms with Gasteiger partial charge in [0.15, 0.2) is 0 Å². The molecule has 0 saturated heterocycles. The van der Waals surface area contributed by atoms with Crippen LogP contribution < -0.4 is 0 Å². The molecule has 4 heteroatoms. The number of benzene rings is 1. The van der Waals surface area contributed by atoms with Crippen molar-refractivity contribution in [3.8, 4) is 0 Å². The van der Waals surface area contributed by atoms with E-state index in [0.29, 0.717) is 6.42 Å². The van der Waals surface area contributed by atoms with E-state index in [9.17, 15) is 8.42 Å². The first-order chi connectivity index (χ1) is 9.08. The Bertz CT molecular complexity index is 463. The molecule has 1 N–H and O–H groups in total. The van der Waals surface area contributed by atoms with Gasteiger partial charge in [0.25, 0.3) is 10.1 Å². The van der Waals surface area contributed by atoms with Gasteiger partial charge < -0.3 is 0 Å². The van der Waals surface area contributed by atoms with Crippen molar-refractivity contribution in [1.29, 1.82) is 0 Å². The van der Waals surface area contributed by atoms with Crippen LogP contribution in [0.1, 0.15) is 44.1 Å². The van der Waals surface area contributed by atoms with Crippen LogP contribution in [-0.4, -0.2) is 13.0 Å². The Morgan fingerprint density at radius 2 is 1.58 bits per heavy atom. The lowest BCUT2D eigenvalue weighted by Gasteiger charge is -2.01. The zero-order valence-electron chi connectivity index (χ0n) is 11.2. The minimum atomic E-state index is -3.94. The Morgan fingerprint density at radius 1 is 0.947 bits per heavy atom. The molecule has 19 heavy (non-hydrogen) atoms. The molecular formula is C15H22O3S. The van der Waals surface area contributed by atoms with Crippen LogP contribution in [-0.2, 0) is 16.5 Å². The normalized spacial score (nSPS) is 12.1. The van der Waals surface area contributed by atoms with Crippen LogP contribution in [0.25, 0.3) is 0 Å². The Labute approximate surface area is 116 Å². The molecule has 0 saturated carbocycles. The zero-order chi connectivity index (χ0) is 14.0. The summed E-state index contributed by atoms with van der Waals surface area (Å²) in [5.41, 5.74) is 1.39. The first-order valence-electron chi connectivity index (χ1n) is 6.76. The van der Waals surface area contributed by atoms with E-state index in [-0.39, 0.29) is 0 Å². The third-order valence-electron chi connectivity index (χ3n) is 2.95. The molecule has 0 atom stereocenters. The molecule has 0 radical (unpaired) electrons. The van der Waals surface area contributed by atoms with Crippen LogP contribution in [0.3, 0.4) is 0 Å². The predicted octanol–water partition coefficient (Wildman–Crippen LogP) is 3.97. The quantitative estimate of drug-likeness (QED) is 0.550. The van der Waals surface area contributed by atoms with Crippen molar-refractivity contribution < 1.29 is 13.0 Å². The fraction of sp³-hybridized carbons (Fsp3) is 0.467. The lowest BCUT2D eigenvalue weighted by molar-refractivity contribution is 0.494. The van der Waals surface area contributed by atoms with Crippen molar-refractivity contribution in [3.05, 3.63) is 47.4 Å². The zero-order valence-corrected chi connectivity index (χ0v) is 12.0. The average Bonchev–Trinajstić information content (AvgIpc) is 2.37. The maximum absolute atomic E-state index is 10.4. The van der Waals surface area contributed by atoms with E-state index >= 15 is 0 Å². The van der Waals surface area contributed by atoms with Gasteiger partial charge in [-0.2, -0.15) is 8.42 Å². The van der Waals surface area contributed by atoms with E-state index in [1.807, 2.05) is 6.07 Å². The Balaban J connectivity index is 1.96. The minimum absolute atomic E-state index is 0.707. The Hall–Kier alpha value is -1.13. The maximum atomic E-state index is 10.4. The van der Waals surface area contributed by atoms with Crippen LogP contribution in [0.5, 0.6) is 0 Å². The van der Waals surface area contributed by atoms with Crippen LogP contribution in [0.15, 0.2) is 41.8 Å². The summed E-state index contributed by atoms with van der Waals surface area (Å²) < 4.78 is 29.3. The molecule has 0 bridgehead atoms. The summed E-state index contributed by atoms with van der Waals surface area (Å²) in [4.78, 5) is 0. The van der Waals surface area contributed by atoms with Gasteiger partial charge in [0, 0.05) is 0 Å². The highest BCUT2D eigenvalue weighted by atomic mass is 32.2. The number of allylic oxidation sites excluding steroid dienone is 1. The van der Waals surface area contributed by atoms with Crippen LogP contribution in [0.4, 0.5) is 0 Å². The molecule has 0 fully saturated rings. The number of hydrogen-bond donors (Lipinski definition) is 1.